The number of nitrogens with zero attached hydrogens (tertiary/aromatic N) is 4. The molecule has 0 amide bonds. The van der Waals surface area contributed by atoms with Crippen molar-refractivity contribution >= 4 is 11.6 Å². The SMILES string of the molecule is CCNc1ncnc(N(C)CC(C)C#N)c1OC. The number of rotatable bonds is 6. The largest absolute Gasteiger partial charge is 0.490 e. The summed E-state index contributed by atoms with van der Waals surface area (Å²) in [5, 5.41) is 12.0. The Bertz CT molecular complexity index is 429. The van der Waals surface area contributed by atoms with E-state index in [-0.39, 0.29) is 5.92 Å². The lowest BCUT2D eigenvalue weighted by molar-refractivity contribution is 0.412. The zero-order valence-electron chi connectivity index (χ0n) is 11.3. The first-order chi connectivity index (χ1) is 8.63. The van der Waals surface area contributed by atoms with Crippen LogP contribution in [0.1, 0.15) is 13.8 Å². The normalized spacial score (nSPS) is 11.5. The second kappa shape index (κ2) is 6.64. The monoisotopic (exact) mass is 249 g/mol. The zero-order chi connectivity index (χ0) is 13.5. The Hall–Kier alpha value is -2.03. The van der Waals surface area contributed by atoms with Gasteiger partial charge in [-0.05, 0) is 13.8 Å². The topological polar surface area (TPSA) is 74.1 Å². The molecule has 6 heteroatoms. The first-order valence-corrected chi connectivity index (χ1v) is 5.87. The van der Waals surface area contributed by atoms with Gasteiger partial charge in [0.1, 0.15) is 6.33 Å². The number of nitrogens with one attached hydrogen (secondary N) is 1. The summed E-state index contributed by atoms with van der Waals surface area (Å²) in [6, 6.07) is 2.20. The Labute approximate surface area is 108 Å². The maximum atomic E-state index is 8.84. The number of aromatic nitrogens is 2. The van der Waals surface area contributed by atoms with Crippen molar-refractivity contribution in [2.75, 3.05) is 37.5 Å². The highest BCUT2D eigenvalue weighted by Gasteiger charge is 2.16. The standard InChI is InChI=1S/C12H19N5O/c1-5-14-11-10(18-4)12(16-8-15-11)17(3)7-9(2)6-13/h8-9H,5,7H2,1-4H3,(H,14,15,16). The fourth-order valence-corrected chi connectivity index (χ4v) is 1.66. The molecule has 0 aromatic carbocycles. The quantitative estimate of drug-likeness (QED) is 0.823. The Morgan fingerprint density at radius 2 is 2.28 bits per heavy atom. The molecule has 0 saturated carbocycles. The van der Waals surface area contributed by atoms with E-state index in [4.69, 9.17) is 10.00 Å². The maximum Gasteiger partial charge on any atom is 0.204 e. The molecule has 98 valence electrons. The van der Waals surface area contributed by atoms with E-state index in [1.165, 1.54) is 6.33 Å². The van der Waals surface area contributed by atoms with Crippen LogP contribution in [0.4, 0.5) is 11.6 Å². The Morgan fingerprint density at radius 3 is 2.83 bits per heavy atom. The summed E-state index contributed by atoms with van der Waals surface area (Å²) in [4.78, 5) is 10.3. The molecule has 0 saturated heterocycles. The molecule has 0 aliphatic carbocycles. The minimum atomic E-state index is -0.0720. The number of ether oxygens (including phenoxy) is 1. The average Bonchev–Trinajstić information content (AvgIpc) is 2.38. The lowest BCUT2D eigenvalue weighted by atomic mass is 10.2. The van der Waals surface area contributed by atoms with Crippen molar-refractivity contribution in [3.05, 3.63) is 6.33 Å². The third-order valence-electron chi connectivity index (χ3n) is 2.46. The van der Waals surface area contributed by atoms with Gasteiger partial charge in [0, 0.05) is 20.1 Å². The Morgan fingerprint density at radius 1 is 1.56 bits per heavy atom. The average molecular weight is 249 g/mol. The van der Waals surface area contributed by atoms with E-state index >= 15 is 0 Å². The predicted octanol–water partition coefficient (Wildman–Crippen LogP) is 1.51. The van der Waals surface area contributed by atoms with Crippen molar-refractivity contribution in [2.45, 2.75) is 13.8 Å². The lowest BCUT2D eigenvalue weighted by Crippen LogP contribution is -2.25. The van der Waals surface area contributed by atoms with Gasteiger partial charge in [0.05, 0.1) is 19.1 Å². The maximum absolute atomic E-state index is 8.84. The number of hydrogen-bond donors (Lipinski definition) is 1. The Balaban J connectivity index is 3.00. The zero-order valence-corrected chi connectivity index (χ0v) is 11.3. The minimum absolute atomic E-state index is 0.0720. The van der Waals surface area contributed by atoms with Crippen LogP contribution < -0.4 is 15.0 Å². The molecule has 1 aromatic rings. The van der Waals surface area contributed by atoms with Gasteiger partial charge < -0.3 is 15.0 Å². The molecular formula is C12H19N5O. The highest BCUT2D eigenvalue weighted by atomic mass is 16.5. The van der Waals surface area contributed by atoms with Crippen LogP contribution in [0.15, 0.2) is 6.33 Å². The van der Waals surface area contributed by atoms with Crippen LogP contribution in [0.5, 0.6) is 5.75 Å². The first-order valence-electron chi connectivity index (χ1n) is 5.87. The van der Waals surface area contributed by atoms with Gasteiger partial charge in [0.2, 0.25) is 5.75 Å². The van der Waals surface area contributed by atoms with Crippen LogP contribution in [0.25, 0.3) is 0 Å². The van der Waals surface area contributed by atoms with E-state index in [2.05, 4.69) is 21.4 Å². The number of anilines is 2. The van der Waals surface area contributed by atoms with Gasteiger partial charge in [0.15, 0.2) is 11.6 Å². The van der Waals surface area contributed by atoms with E-state index in [1.807, 2.05) is 25.8 Å². The van der Waals surface area contributed by atoms with Gasteiger partial charge in [0.25, 0.3) is 0 Å². The molecule has 0 bridgehead atoms. The summed E-state index contributed by atoms with van der Waals surface area (Å²) in [7, 11) is 3.47. The van der Waals surface area contributed by atoms with E-state index in [1.54, 1.807) is 7.11 Å². The summed E-state index contributed by atoms with van der Waals surface area (Å²) in [6.07, 6.45) is 1.49. The Kier molecular flexibility index (Phi) is 5.18. The van der Waals surface area contributed by atoms with E-state index in [0.717, 1.165) is 6.54 Å². The van der Waals surface area contributed by atoms with Gasteiger partial charge in [-0.2, -0.15) is 5.26 Å². The third kappa shape index (κ3) is 3.23. The number of nitriles is 1. The molecule has 0 fully saturated rings. The minimum Gasteiger partial charge on any atom is -0.490 e. The van der Waals surface area contributed by atoms with E-state index in [0.29, 0.717) is 23.9 Å². The molecule has 1 atom stereocenters. The van der Waals surface area contributed by atoms with Crippen molar-refractivity contribution in [3.63, 3.8) is 0 Å². The van der Waals surface area contributed by atoms with Gasteiger partial charge in [-0.1, -0.05) is 0 Å². The lowest BCUT2D eigenvalue weighted by Gasteiger charge is -2.22. The molecule has 18 heavy (non-hydrogen) atoms. The molecule has 1 unspecified atom stereocenters. The van der Waals surface area contributed by atoms with E-state index in [9.17, 15) is 0 Å². The molecule has 1 heterocycles. The van der Waals surface area contributed by atoms with Crippen LogP contribution >= 0.6 is 0 Å². The first kappa shape index (κ1) is 14.0. The highest BCUT2D eigenvalue weighted by Crippen LogP contribution is 2.31. The number of hydrogen-bond acceptors (Lipinski definition) is 6. The van der Waals surface area contributed by atoms with Gasteiger partial charge in [-0.15, -0.1) is 0 Å². The molecule has 1 rings (SSSR count). The molecule has 0 aliphatic heterocycles. The molecule has 1 N–H and O–H groups in total. The summed E-state index contributed by atoms with van der Waals surface area (Å²) >= 11 is 0. The predicted molar refractivity (Wildman–Crippen MR) is 70.8 cm³/mol. The van der Waals surface area contributed by atoms with Crippen LogP contribution in [0.2, 0.25) is 0 Å². The van der Waals surface area contributed by atoms with Crippen molar-refractivity contribution in [1.29, 1.82) is 5.26 Å². The molecular weight excluding hydrogens is 230 g/mol. The smallest absolute Gasteiger partial charge is 0.204 e. The molecule has 0 aliphatic rings. The molecule has 0 radical (unpaired) electrons. The third-order valence-corrected chi connectivity index (χ3v) is 2.46. The van der Waals surface area contributed by atoms with Crippen molar-refractivity contribution in [3.8, 4) is 11.8 Å². The fourth-order valence-electron chi connectivity index (χ4n) is 1.66. The summed E-state index contributed by atoms with van der Waals surface area (Å²) in [5.74, 6) is 1.89. The highest BCUT2D eigenvalue weighted by molar-refractivity contribution is 5.64. The van der Waals surface area contributed by atoms with Gasteiger partial charge >= 0.3 is 0 Å². The van der Waals surface area contributed by atoms with Crippen LogP contribution in [-0.4, -0.2) is 37.2 Å². The second-order valence-electron chi connectivity index (χ2n) is 4.02. The molecule has 1 aromatic heterocycles. The van der Waals surface area contributed by atoms with E-state index < -0.39 is 0 Å². The van der Waals surface area contributed by atoms with Crippen molar-refractivity contribution in [1.82, 2.24) is 9.97 Å². The van der Waals surface area contributed by atoms with Crippen molar-refractivity contribution < 1.29 is 4.74 Å². The summed E-state index contributed by atoms with van der Waals surface area (Å²) in [6.45, 7) is 5.21. The van der Waals surface area contributed by atoms with Crippen LogP contribution in [0.3, 0.4) is 0 Å². The van der Waals surface area contributed by atoms with Gasteiger partial charge in [-0.3, -0.25) is 0 Å². The second-order valence-corrected chi connectivity index (χ2v) is 4.02. The number of methoxy groups -OCH3 is 1. The van der Waals surface area contributed by atoms with Crippen molar-refractivity contribution in [2.24, 2.45) is 5.92 Å². The van der Waals surface area contributed by atoms with Crippen LogP contribution in [-0.2, 0) is 0 Å². The molecule has 0 spiro atoms. The van der Waals surface area contributed by atoms with Gasteiger partial charge in [-0.25, -0.2) is 9.97 Å². The summed E-state index contributed by atoms with van der Waals surface area (Å²) in [5.41, 5.74) is 0. The molecule has 6 nitrogen and oxygen atoms in total. The fraction of sp³-hybridized carbons (Fsp3) is 0.583. The summed E-state index contributed by atoms with van der Waals surface area (Å²) < 4.78 is 5.35. The van der Waals surface area contributed by atoms with Crippen LogP contribution in [0, 0.1) is 17.2 Å².